The van der Waals surface area contributed by atoms with Crippen molar-refractivity contribution in [3.05, 3.63) is 71.4 Å². The summed E-state index contributed by atoms with van der Waals surface area (Å²) < 4.78 is 24.2. The third-order valence-corrected chi connectivity index (χ3v) is 5.11. The van der Waals surface area contributed by atoms with Crippen LogP contribution >= 0.6 is 11.8 Å². The molecule has 0 spiro atoms. The van der Waals surface area contributed by atoms with E-state index in [-0.39, 0.29) is 24.4 Å². The van der Waals surface area contributed by atoms with Crippen molar-refractivity contribution in [3.63, 3.8) is 0 Å². The molecule has 0 saturated carbocycles. The Kier molecular flexibility index (Phi) is 6.87. The molecular formula is C21H22FN3O3S. The zero-order valence-corrected chi connectivity index (χ0v) is 17.2. The molecular weight excluding hydrogens is 393 g/mol. The van der Waals surface area contributed by atoms with Gasteiger partial charge in [0.1, 0.15) is 11.6 Å². The van der Waals surface area contributed by atoms with Crippen LogP contribution in [0.25, 0.3) is 0 Å². The lowest BCUT2D eigenvalue weighted by atomic mass is 10.1. The third kappa shape index (κ3) is 6.05. The van der Waals surface area contributed by atoms with Crippen LogP contribution in [-0.4, -0.2) is 21.4 Å². The van der Waals surface area contributed by atoms with Crippen LogP contribution < -0.4 is 10.1 Å². The second kappa shape index (κ2) is 9.56. The maximum absolute atomic E-state index is 13.0. The Hall–Kier alpha value is -2.87. The van der Waals surface area contributed by atoms with Crippen LogP contribution in [0.3, 0.4) is 0 Å². The van der Waals surface area contributed by atoms with Crippen molar-refractivity contribution < 1.29 is 18.3 Å². The lowest BCUT2D eigenvalue weighted by molar-refractivity contribution is -0.120. The van der Waals surface area contributed by atoms with Crippen molar-refractivity contribution in [3.8, 4) is 5.75 Å². The summed E-state index contributed by atoms with van der Waals surface area (Å²) in [5.74, 6) is 0.568. The van der Waals surface area contributed by atoms with Gasteiger partial charge in [-0.15, -0.1) is 10.2 Å². The number of halogens is 1. The van der Waals surface area contributed by atoms with Gasteiger partial charge in [-0.1, -0.05) is 36.0 Å². The SMILES string of the molecule is Cc1cccc(OCc2nnc(S[C@@H](C)C(=O)N[C@H](C)c3ccc(F)cc3)o2)c1. The number of thioether (sulfide) groups is 1. The molecule has 2 aromatic carbocycles. The van der Waals surface area contributed by atoms with Crippen LogP contribution in [0.4, 0.5) is 4.39 Å². The maximum Gasteiger partial charge on any atom is 0.277 e. The smallest absolute Gasteiger partial charge is 0.277 e. The van der Waals surface area contributed by atoms with E-state index in [4.69, 9.17) is 9.15 Å². The molecule has 8 heteroatoms. The summed E-state index contributed by atoms with van der Waals surface area (Å²) in [6.07, 6.45) is 0. The first-order valence-electron chi connectivity index (χ1n) is 9.15. The molecule has 1 N–H and O–H groups in total. The minimum absolute atomic E-state index is 0.152. The van der Waals surface area contributed by atoms with Crippen molar-refractivity contribution in [2.75, 3.05) is 0 Å². The van der Waals surface area contributed by atoms with Gasteiger partial charge in [0.05, 0.1) is 11.3 Å². The van der Waals surface area contributed by atoms with E-state index in [0.29, 0.717) is 11.1 Å². The fourth-order valence-corrected chi connectivity index (χ4v) is 3.27. The van der Waals surface area contributed by atoms with E-state index in [1.165, 1.54) is 23.9 Å². The quantitative estimate of drug-likeness (QED) is 0.548. The van der Waals surface area contributed by atoms with Crippen LogP contribution in [0.1, 0.15) is 36.9 Å². The molecule has 1 aromatic heterocycles. The number of ether oxygens (including phenoxy) is 1. The molecule has 0 aliphatic heterocycles. The Balaban J connectivity index is 1.50. The van der Waals surface area contributed by atoms with E-state index in [1.54, 1.807) is 19.1 Å². The molecule has 3 rings (SSSR count). The zero-order valence-electron chi connectivity index (χ0n) is 16.4. The number of carbonyl (C=O) groups is 1. The van der Waals surface area contributed by atoms with Crippen LogP contribution in [0.5, 0.6) is 5.75 Å². The Morgan fingerprint density at radius 1 is 1.21 bits per heavy atom. The standard InChI is InChI=1S/C21H22FN3O3S/c1-13-5-4-6-18(11-13)27-12-19-24-25-21(28-19)29-15(3)20(26)23-14(2)16-7-9-17(22)10-8-16/h4-11,14-15H,12H2,1-3H3,(H,23,26)/t14-,15+/m1/s1. The van der Waals surface area contributed by atoms with Gasteiger partial charge in [0.15, 0.2) is 6.61 Å². The van der Waals surface area contributed by atoms with Gasteiger partial charge in [-0.05, 0) is 56.2 Å². The lowest BCUT2D eigenvalue weighted by Gasteiger charge is -2.16. The summed E-state index contributed by atoms with van der Waals surface area (Å²) in [5, 5.41) is 10.7. The van der Waals surface area contributed by atoms with E-state index < -0.39 is 5.25 Å². The number of carbonyl (C=O) groups excluding carboxylic acids is 1. The molecule has 2 atom stereocenters. The number of hydrogen-bond donors (Lipinski definition) is 1. The molecule has 0 radical (unpaired) electrons. The second-order valence-corrected chi connectivity index (χ2v) is 7.90. The third-order valence-electron chi connectivity index (χ3n) is 4.18. The number of nitrogens with one attached hydrogen (secondary N) is 1. The van der Waals surface area contributed by atoms with E-state index >= 15 is 0 Å². The maximum atomic E-state index is 13.0. The Labute approximate surface area is 172 Å². The molecule has 6 nitrogen and oxygen atoms in total. The molecule has 0 aliphatic carbocycles. The Bertz CT molecular complexity index is 962. The number of aromatic nitrogens is 2. The first kappa shape index (κ1) is 20.9. The Morgan fingerprint density at radius 2 is 1.97 bits per heavy atom. The van der Waals surface area contributed by atoms with Crippen LogP contribution in [0.2, 0.25) is 0 Å². The van der Waals surface area contributed by atoms with E-state index in [9.17, 15) is 9.18 Å². The van der Waals surface area contributed by atoms with Crippen molar-refractivity contribution in [2.45, 2.75) is 43.9 Å². The lowest BCUT2D eigenvalue weighted by Crippen LogP contribution is -2.33. The van der Waals surface area contributed by atoms with Gasteiger partial charge in [-0.2, -0.15) is 0 Å². The molecule has 1 amide bonds. The summed E-state index contributed by atoms with van der Waals surface area (Å²) in [4.78, 5) is 12.4. The number of amides is 1. The molecule has 0 saturated heterocycles. The number of benzene rings is 2. The van der Waals surface area contributed by atoms with Crippen molar-refractivity contribution in [1.82, 2.24) is 15.5 Å². The van der Waals surface area contributed by atoms with Crippen molar-refractivity contribution in [1.29, 1.82) is 0 Å². The average molecular weight is 415 g/mol. The predicted molar refractivity (Wildman–Crippen MR) is 108 cm³/mol. The fourth-order valence-electron chi connectivity index (χ4n) is 2.56. The van der Waals surface area contributed by atoms with Crippen molar-refractivity contribution in [2.24, 2.45) is 0 Å². The number of hydrogen-bond acceptors (Lipinski definition) is 6. The van der Waals surface area contributed by atoms with Crippen LogP contribution in [0, 0.1) is 12.7 Å². The highest BCUT2D eigenvalue weighted by Crippen LogP contribution is 2.23. The van der Waals surface area contributed by atoms with Crippen molar-refractivity contribution >= 4 is 17.7 Å². The van der Waals surface area contributed by atoms with Crippen LogP contribution in [0.15, 0.2) is 58.2 Å². The van der Waals surface area contributed by atoms with Gasteiger partial charge in [-0.3, -0.25) is 4.79 Å². The number of aryl methyl sites for hydroxylation is 1. The second-order valence-electron chi connectivity index (χ2n) is 6.61. The van der Waals surface area contributed by atoms with Gasteiger partial charge in [0.2, 0.25) is 5.91 Å². The molecule has 3 aromatic rings. The summed E-state index contributed by atoms with van der Waals surface area (Å²) >= 11 is 1.17. The molecule has 152 valence electrons. The molecule has 0 unspecified atom stereocenters. The number of rotatable bonds is 8. The van der Waals surface area contributed by atoms with E-state index in [0.717, 1.165) is 16.9 Å². The monoisotopic (exact) mass is 415 g/mol. The first-order chi connectivity index (χ1) is 13.9. The minimum Gasteiger partial charge on any atom is -0.484 e. The highest BCUT2D eigenvalue weighted by atomic mass is 32.2. The first-order valence-corrected chi connectivity index (χ1v) is 10.0. The molecule has 0 aliphatic rings. The molecule has 29 heavy (non-hydrogen) atoms. The van der Waals surface area contributed by atoms with Gasteiger partial charge in [0, 0.05) is 0 Å². The normalized spacial score (nSPS) is 13.0. The van der Waals surface area contributed by atoms with E-state index in [1.807, 2.05) is 38.1 Å². The molecule has 0 bridgehead atoms. The van der Waals surface area contributed by atoms with Gasteiger partial charge in [0.25, 0.3) is 11.1 Å². The van der Waals surface area contributed by atoms with E-state index in [2.05, 4.69) is 15.5 Å². The molecule has 0 fully saturated rings. The highest BCUT2D eigenvalue weighted by Gasteiger charge is 2.20. The fraction of sp³-hybridized carbons (Fsp3) is 0.286. The zero-order chi connectivity index (χ0) is 20.8. The summed E-state index contributed by atoms with van der Waals surface area (Å²) in [6.45, 7) is 5.73. The summed E-state index contributed by atoms with van der Waals surface area (Å²) in [5.41, 5.74) is 1.92. The van der Waals surface area contributed by atoms with Gasteiger partial charge >= 0.3 is 0 Å². The minimum atomic E-state index is -0.441. The summed E-state index contributed by atoms with van der Waals surface area (Å²) in [7, 11) is 0. The topological polar surface area (TPSA) is 77.2 Å². The summed E-state index contributed by atoms with van der Waals surface area (Å²) in [6, 6.07) is 13.5. The average Bonchev–Trinajstić information content (AvgIpc) is 3.14. The van der Waals surface area contributed by atoms with Gasteiger partial charge in [-0.25, -0.2) is 4.39 Å². The number of nitrogens with zero attached hydrogens (tertiary/aromatic N) is 2. The predicted octanol–water partition coefficient (Wildman–Crippen LogP) is 4.45. The molecule has 1 heterocycles. The van der Waals surface area contributed by atoms with Gasteiger partial charge < -0.3 is 14.5 Å². The van der Waals surface area contributed by atoms with Crippen LogP contribution in [-0.2, 0) is 11.4 Å². The highest BCUT2D eigenvalue weighted by molar-refractivity contribution is 8.00. The largest absolute Gasteiger partial charge is 0.484 e. The Morgan fingerprint density at radius 3 is 2.69 bits per heavy atom.